The molecule has 0 amide bonds. The van der Waals surface area contributed by atoms with Gasteiger partial charge in [-0.3, -0.25) is 0 Å². The second-order valence-electron chi connectivity index (χ2n) is 5.66. The van der Waals surface area contributed by atoms with Crippen LogP contribution in [0.4, 0.5) is 0 Å². The van der Waals surface area contributed by atoms with Crippen molar-refractivity contribution in [3.63, 3.8) is 0 Å². The highest BCUT2D eigenvalue weighted by Gasteiger charge is 2.11. The number of hydrogen-bond donors (Lipinski definition) is 3. The van der Waals surface area contributed by atoms with Crippen molar-refractivity contribution < 1.29 is 14.6 Å². The first-order valence-corrected chi connectivity index (χ1v) is 9.57. The second kappa shape index (κ2) is 11.4. The number of benzene rings is 2. The molecule has 0 radical (unpaired) electrons. The van der Waals surface area contributed by atoms with Gasteiger partial charge < -0.3 is 25.2 Å². The average molecular weight is 444 g/mol. The SMILES string of the molecule is COc1cc(CNCCNCCO)c(Br)cc1OCc1cccc(Cl)c1. The van der Waals surface area contributed by atoms with Crippen LogP contribution >= 0.6 is 27.5 Å². The topological polar surface area (TPSA) is 62.8 Å². The minimum Gasteiger partial charge on any atom is -0.493 e. The zero-order valence-electron chi connectivity index (χ0n) is 14.7. The summed E-state index contributed by atoms with van der Waals surface area (Å²) in [6.45, 7) is 3.49. The first kappa shape index (κ1) is 21.0. The molecule has 7 heteroatoms. The molecule has 26 heavy (non-hydrogen) atoms. The molecule has 0 bridgehead atoms. The Kier molecular flexibility index (Phi) is 9.22. The Morgan fingerprint density at radius 2 is 1.88 bits per heavy atom. The number of hydrogen-bond acceptors (Lipinski definition) is 5. The Labute approximate surface area is 167 Å². The van der Waals surface area contributed by atoms with Crippen molar-refractivity contribution in [2.45, 2.75) is 13.2 Å². The van der Waals surface area contributed by atoms with Crippen molar-refractivity contribution in [1.29, 1.82) is 0 Å². The van der Waals surface area contributed by atoms with Gasteiger partial charge >= 0.3 is 0 Å². The van der Waals surface area contributed by atoms with Crippen LogP contribution in [-0.2, 0) is 13.2 Å². The molecule has 3 N–H and O–H groups in total. The van der Waals surface area contributed by atoms with E-state index in [-0.39, 0.29) is 6.61 Å². The fourth-order valence-corrected chi connectivity index (χ4v) is 3.05. The number of ether oxygens (including phenoxy) is 2. The van der Waals surface area contributed by atoms with Gasteiger partial charge in [0.1, 0.15) is 6.61 Å². The summed E-state index contributed by atoms with van der Waals surface area (Å²) in [6.07, 6.45) is 0. The maximum atomic E-state index is 8.73. The predicted molar refractivity (Wildman–Crippen MR) is 108 cm³/mol. The van der Waals surface area contributed by atoms with E-state index in [9.17, 15) is 0 Å². The third kappa shape index (κ3) is 6.78. The number of aliphatic hydroxyl groups is 1. The number of nitrogens with one attached hydrogen (secondary N) is 2. The average Bonchev–Trinajstić information content (AvgIpc) is 2.64. The standard InChI is InChI=1S/C19H24BrClN2O3/c1-25-18-10-15(12-23-6-5-22-7-8-24)17(20)11-19(18)26-13-14-3-2-4-16(21)9-14/h2-4,9-11,22-24H,5-8,12-13H2,1H3. The van der Waals surface area contributed by atoms with Gasteiger partial charge in [-0.05, 0) is 35.4 Å². The van der Waals surface area contributed by atoms with Crippen molar-refractivity contribution in [3.05, 3.63) is 57.0 Å². The van der Waals surface area contributed by atoms with Gasteiger partial charge in [0.05, 0.1) is 13.7 Å². The summed E-state index contributed by atoms with van der Waals surface area (Å²) >= 11 is 9.61. The molecule has 0 saturated heterocycles. The van der Waals surface area contributed by atoms with E-state index in [1.165, 1.54) is 0 Å². The van der Waals surface area contributed by atoms with E-state index >= 15 is 0 Å². The van der Waals surface area contributed by atoms with Crippen LogP contribution in [0.5, 0.6) is 11.5 Å². The fraction of sp³-hybridized carbons (Fsp3) is 0.368. The van der Waals surface area contributed by atoms with Gasteiger partial charge in [0.15, 0.2) is 11.5 Å². The summed E-state index contributed by atoms with van der Waals surface area (Å²) in [5.41, 5.74) is 2.08. The molecule has 142 valence electrons. The highest BCUT2D eigenvalue weighted by molar-refractivity contribution is 9.10. The number of methoxy groups -OCH3 is 1. The van der Waals surface area contributed by atoms with E-state index in [0.717, 1.165) is 28.7 Å². The van der Waals surface area contributed by atoms with Crippen molar-refractivity contribution in [3.8, 4) is 11.5 Å². The maximum absolute atomic E-state index is 8.73. The molecular formula is C19H24BrClN2O3. The van der Waals surface area contributed by atoms with Crippen LogP contribution in [0.25, 0.3) is 0 Å². The maximum Gasteiger partial charge on any atom is 0.162 e. The Morgan fingerprint density at radius 1 is 1.08 bits per heavy atom. The van der Waals surface area contributed by atoms with Crippen LogP contribution in [0.15, 0.2) is 40.9 Å². The molecule has 0 heterocycles. The van der Waals surface area contributed by atoms with Crippen LogP contribution in [0.3, 0.4) is 0 Å². The van der Waals surface area contributed by atoms with E-state index in [2.05, 4.69) is 26.6 Å². The lowest BCUT2D eigenvalue weighted by Gasteiger charge is -2.15. The van der Waals surface area contributed by atoms with Gasteiger partial charge in [-0.15, -0.1) is 0 Å². The second-order valence-corrected chi connectivity index (χ2v) is 6.95. The van der Waals surface area contributed by atoms with Crippen LogP contribution < -0.4 is 20.1 Å². The molecule has 0 spiro atoms. The lowest BCUT2D eigenvalue weighted by molar-refractivity contribution is 0.284. The summed E-state index contributed by atoms with van der Waals surface area (Å²) in [7, 11) is 1.63. The molecule has 0 aromatic heterocycles. The van der Waals surface area contributed by atoms with E-state index in [0.29, 0.717) is 36.2 Å². The Hall–Kier alpha value is -1.31. The first-order chi connectivity index (χ1) is 12.6. The molecule has 2 aromatic rings. The molecule has 5 nitrogen and oxygen atoms in total. The highest BCUT2D eigenvalue weighted by Crippen LogP contribution is 2.34. The molecule has 2 rings (SSSR count). The monoisotopic (exact) mass is 442 g/mol. The van der Waals surface area contributed by atoms with Crippen LogP contribution in [0.1, 0.15) is 11.1 Å². The molecule has 0 atom stereocenters. The zero-order valence-corrected chi connectivity index (χ0v) is 17.1. The molecule has 0 saturated carbocycles. The summed E-state index contributed by atoms with van der Waals surface area (Å²) in [6, 6.07) is 11.5. The predicted octanol–water partition coefficient (Wildman–Crippen LogP) is 3.36. The quantitative estimate of drug-likeness (QED) is 0.465. The molecule has 0 aliphatic rings. The van der Waals surface area contributed by atoms with Gasteiger partial charge in [-0.2, -0.15) is 0 Å². The van der Waals surface area contributed by atoms with Gasteiger partial charge in [0.2, 0.25) is 0 Å². The lowest BCUT2D eigenvalue weighted by atomic mass is 10.2. The van der Waals surface area contributed by atoms with Crippen LogP contribution in [0.2, 0.25) is 5.02 Å². The lowest BCUT2D eigenvalue weighted by Crippen LogP contribution is -2.28. The highest BCUT2D eigenvalue weighted by atomic mass is 79.9. The van der Waals surface area contributed by atoms with Crippen LogP contribution in [0, 0.1) is 0 Å². The van der Waals surface area contributed by atoms with Crippen LogP contribution in [-0.4, -0.2) is 38.5 Å². The van der Waals surface area contributed by atoms with E-state index in [4.69, 9.17) is 26.2 Å². The first-order valence-electron chi connectivity index (χ1n) is 8.40. The normalized spacial score (nSPS) is 10.8. The third-order valence-electron chi connectivity index (χ3n) is 3.70. The number of rotatable bonds is 11. The minimum atomic E-state index is 0.152. The third-order valence-corrected chi connectivity index (χ3v) is 4.67. The Balaban J connectivity index is 1.95. The summed E-state index contributed by atoms with van der Waals surface area (Å²) in [5.74, 6) is 1.36. The summed E-state index contributed by atoms with van der Waals surface area (Å²) < 4.78 is 12.3. The molecule has 0 aliphatic carbocycles. The summed E-state index contributed by atoms with van der Waals surface area (Å²) in [5, 5.41) is 15.9. The van der Waals surface area contributed by atoms with Gasteiger partial charge in [0, 0.05) is 35.7 Å². The van der Waals surface area contributed by atoms with Crippen molar-refractivity contribution in [2.24, 2.45) is 0 Å². The van der Waals surface area contributed by atoms with Gasteiger partial charge in [0.25, 0.3) is 0 Å². The van der Waals surface area contributed by atoms with Crippen molar-refractivity contribution >= 4 is 27.5 Å². The Morgan fingerprint density at radius 3 is 2.62 bits per heavy atom. The zero-order chi connectivity index (χ0) is 18.8. The van der Waals surface area contributed by atoms with E-state index in [1.54, 1.807) is 7.11 Å². The minimum absolute atomic E-state index is 0.152. The van der Waals surface area contributed by atoms with Crippen molar-refractivity contribution in [1.82, 2.24) is 10.6 Å². The Bertz CT molecular complexity index is 700. The molecule has 2 aromatic carbocycles. The van der Waals surface area contributed by atoms with Gasteiger partial charge in [-0.1, -0.05) is 39.7 Å². The molecule has 0 fully saturated rings. The fourth-order valence-electron chi connectivity index (χ4n) is 2.38. The van der Waals surface area contributed by atoms with E-state index in [1.807, 2.05) is 36.4 Å². The van der Waals surface area contributed by atoms with Gasteiger partial charge in [-0.25, -0.2) is 0 Å². The number of halogens is 2. The smallest absolute Gasteiger partial charge is 0.162 e. The van der Waals surface area contributed by atoms with E-state index < -0.39 is 0 Å². The largest absolute Gasteiger partial charge is 0.493 e. The molecular weight excluding hydrogens is 420 g/mol. The number of aliphatic hydroxyl groups excluding tert-OH is 1. The molecule has 0 aliphatic heterocycles. The molecule has 0 unspecified atom stereocenters. The van der Waals surface area contributed by atoms with Crippen molar-refractivity contribution in [2.75, 3.05) is 33.4 Å². The summed E-state index contributed by atoms with van der Waals surface area (Å²) in [4.78, 5) is 0.